The smallest absolute Gasteiger partial charge is 0.274 e. The van der Waals surface area contributed by atoms with Crippen LogP contribution in [0.2, 0.25) is 0 Å². The Balaban J connectivity index is 2.21. The Morgan fingerprint density at radius 1 is 1.26 bits per heavy atom. The molecule has 0 radical (unpaired) electrons. The Morgan fingerprint density at radius 3 is 2.67 bits per heavy atom. The average Bonchev–Trinajstić information content (AvgIpc) is 3.06. The third kappa shape index (κ3) is 3.65. The lowest BCUT2D eigenvalue weighted by Crippen LogP contribution is -2.27. The van der Waals surface area contributed by atoms with Crippen molar-refractivity contribution in [2.45, 2.75) is 11.4 Å². The van der Waals surface area contributed by atoms with Crippen LogP contribution in [0.15, 0.2) is 71.2 Å². The molecule has 0 aliphatic carbocycles. The summed E-state index contributed by atoms with van der Waals surface area (Å²) in [5.41, 5.74) is 0.577. The van der Waals surface area contributed by atoms with E-state index in [4.69, 9.17) is 0 Å². The molecule has 2 aromatic heterocycles. The lowest BCUT2D eigenvalue weighted by atomic mass is 10.1. The molecule has 0 unspecified atom stereocenters. The van der Waals surface area contributed by atoms with E-state index >= 15 is 0 Å². The number of benzene rings is 1. The van der Waals surface area contributed by atoms with Crippen molar-refractivity contribution in [2.75, 3.05) is 7.05 Å². The van der Waals surface area contributed by atoms with Crippen molar-refractivity contribution >= 4 is 10.0 Å². The molecular formula is C17H15FN4O4S. The molecule has 0 N–H and O–H groups in total. The van der Waals surface area contributed by atoms with Crippen LogP contribution in [0, 0.1) is 15.9 Å². The predicted octanol–water partition coefficient (Wildman–Crippen LogP) is 2.28. The van der Waals surface area contributed by atoms with E-state index in [0.717, 1.165) is 21.4 Å². The van der Waals surface area contributed by atoms with Crippen LogP contribution in [-0.4, -0.2) is 24.4 Å². The van der Waals surface area contributed by atoms with Gasteiger partial charge < -0.3 is 5.21 Å². The number of hydrogen-bond acceptors (Lipinski definition) is 5. The highest BCUT2D eigenvalue weighted by molar-refractivity contribution is 7.90. The maximum atomic E-state index is 14.3. The van der Waals surface area contributed by atoms with E-state index in [0.29, 0.717) is 10.3 Å². The van der Waals surface area contributed by atoms with Crippen LogP contribution in [0.3, 0.4) is 0 Å². The van der Waals surface area contributed by atoms with Gasteiger partial charge in [-0.3, -0.25) is 5.01 Å². The van der Waals surface area contributed by atoms with E-state index in [2.05, 4.69) is 5.29 Å². The minimum atomic E-state index is -4.18. The van der Waals surface area contributed by atoms with E-state index in [9.17, 15) is 22.9 Å². The molecular weight excluding hydrogens is 375 g/mol. The molecule has 0 saturated carbocycles. The first-order valence-electron chi connectivity index (χ1n) is 7.78. The van der Waals surface area contributed by atoms with Gasteiger partial charge in [0.05, 0.1) is 17.5 Å². The third-order valence-corrected chi connectivity index (χ3v) is 5.51. The summed E-state index contributed by atoms with van der Waals surface area (Å²) in [5.74, 6) is -0.604. The Kier molecular flexibility index (Phi) is 4.91. The molecule has 3 aromatic rings. The quantitative estimate of drug-likeness (QED) is 0.278. The van der Waals surface area contributed by atoms with Crippen LogP contribution >= 0.6 is 0 Å². The zero-order valence-corrected chi connectivity index (χ0v) is 15.0. The second kappa shape index (κ2) is 7.16. The fourth-order valence-corrected chi connectivity index (χ4v) is 4.04. The molecule has 140 valence electrons. The first-order valence-corrected chi connectivity index (χ1v) is 9.22. The van der Waals surface area contributed by atoms with Crippen LogP contribution in [0.4, 0.5) is 4.39 Å². The normalized spacial score (nSPS) is 11.3. The number of nitroso groups, excluding NO2 is 1. The average molecular weight is 390 g/mol. The van der Waals surface area contributed by atoms with Crippen molar-refractivity contribution in [2.24, 2.45) is 5.29 Å². The van der Waals surface area contributed by atoms with E-state index in [1.165, 1.54) is 49.6 Å². The van der Waals surface area contributed by atoms with Crippen molar-refractivity contribution in [3.8, 4) is 11.3 Å². The molecule has 0 spiro atoms. The summed E-state index contributed by atoms with van der Waals surface area (Å²) in [4.78, 5) is 10.4. The topological polar surface area (TPSA) is 98.7 Å². The van der Waals surface area contributed by atoms with Gasteiger partial charge >= 0.3 is 0 Å². The number of nitrogens with zero attached hydrogens (tertiary/aromatic N) is 4. The van der Waals surface area contributed by atoms with E-state index in [1.807, 2.05) is 0 Å². The molecule has 0 saturated heterocycles. The summed E-state index contributed by atoms with van der Waals surface area (Å²) in [6, 6.07) is 9.77. The molecule has 0 fully saturated rings. The van der Waals surface area contributed by atoms with Gasteiger partial charge in [0.1, 0.15) is 5.82 Å². The molecule has 1 aromatic carbocycles. The number of aromatic nitrogens is 2. The van der Waals surface area contributed by atoms with Crippen LogP contribution in [-0.2, 0) is 16.6 Å². The zero-order chi connectivity index (χ0) is 19.6. The van der Waals surface area contributed by atoms with Gasteiger partial charge in [0.15, 0.2) is 11.1 Å². The maximum absolute atomic E-state index is 14.3. The van der Waals surface area contributed by atoms with Crippen molar-refractivity contribution < 1.29 is 17.5 Å². The Hall–Kier alpha value is -3.27. The van der Waals surface area contributed by atoms with Gasteiger partial charge in [0.2, 0.25) is 6.20 Å². The van der Waals surface area contributed by atoms with Crippen LogP contribution in [0.25, 0.3) is 11.3 Å². The predicted molar refractivity (Wildman–Crippen MR) is 95.1 cm³/mol. The van der Waals surface area contributed by atoms with Crippen LogP contribution in [0.5, 0.6) is 0 Å². The first-order chi connectivity index (χ1) is 12.8. The Morgan fingerprint density at radius 2 is 2.00 bits per heavy atom. The SMILES string of the molecule is CN(Cc1cc(-c2ccccc2F)n(S(=O)(=O)c2ccc[n+]([O-])c2)c1)N=O. The highest BCUT2D eigenvalue weighted by Crippen LogP contribution is 2.29. The highest BCUT2D eigenvalue weighted by Gasteiger charge is 2.25. The van der Waals surface area contributed by atoms with Gasteiger partial charge in [0.25, 0.3) is 10.0 Å². The lowest BCUT2D eigenvalue weighted by molar-refractivity contribution is -0.607. The van der Waals surface area contributed by atoms with Gasteiger partial charge in [-0.05, 0) is 29.8 Å². The highest BCUT2D eigenvalue weighted by atomic mass is 32.2. The summed E-state index contributed by atoms with van der Waals surface area (Å²) in [6.07, 6.45) is 3.35. The first kappa shape index (κ1) is 18.5. The molecule has 0 bridgehead atoms. The fraction of sp³-hybridized carbons (Fsp3) is 0.118. The summed E-state index contributed by atoms with van der Waals surface area (Å²) < 4.78 is 41.7. The van der Waals surface area contributed by atoms with Crippen LogP contribution in [0.1, 0.15) is 5.56 Å². The van der Waals surface area contributed by atoms with Gasteiger partial charge in [-0.15, -0.1) is 4.91 Å². The summed E-state index contributed by atoms with van der Waals surface area (Å²) in [5, 5.41) is 15.3. The van der Waals surface area contributed by atoms with Gasteiger partial charge in [0, 0.05) is 24.9 Å². The Bertz CT molecular complexity index is 1100. The monoisotopic (exact) mass is 390 g/mol. The second-order valence-electron chi connectivity index (χ2n) is 5.81. The fourth-order valence-electron chi connectivity index (χ4n) is 2.64. The summed E-state index contributed by atoms with van der Waals surface area (Å²) in [6.45, 7) is 0.0316. The van der Waals surface area contributed by atoms with E-state index < -0.39 is 15.8 Å². The number of halogens is 1. The minimum Gasteiger partial charge on any atom is -0.619 e. The van der Waals surface area contributed by atoms with Gasteiger partial charge in [-0.25, -0.2) is 16.8 Å². The minimum absolute atomic E-state index is 0.0316. The molecule has 2 heterocycles. The van der Waals surface area contributed by atoms with Crippen molar-refractivity contribution in [3.63, 3.8) is 0 Å². The Labute approximate surface area is 154 Å². The molecule has 0 atom stereocenters. The second-order valence-corrected chi connectivity index (χ2v) is 7.63. The molecule has 10 heteroatoms. The van der Waals surface area contributed by atoms with Gasteiger partial charge in [-0.2, -0.15) is 4.73 Å². The molecule has 27 heavy (non-hydrogen) atoms. The van der Waals surface area contributed by atoms with Crippen molar-refractivity contribution in [1.29, 1.82) is 0 Å². The third-order valence-electron chi connectivity index (χ3n) is 3.85. The molecule has 3 rings (SSSR count). The summed E-state index contributed by atoms with van der Waals surface area (Å²) in [7, 11) is -2.75. The molecule has 8 nitrogen and oxygen atoms in total. The number of pyridine rings is 1. The maximum Gasteiger partial charge on any atom is 0.274 e. The largest absolute Gasteiger partial charge is 0.619 e. The number of hydrogen-bond donors (Lipinski definition) is 0. The zero-order valence-electron chi connectivity index (χ0n) is 14.2. The molecule has 0 aliphatic heterocycles. The molecule has 0 amide bonds. The summed E-state index contributed by atoms with van der Waals surface area (Å²) >= 11 is 0. The van der Waals surface area contributed by atoms with E-state index in [-0.39, 0.29) is 22.7 Å². The number of rotatable bonds is 6. The standard InChI is InChI=1S/C17H15FN4O4S/c1-20(19-23)10-13-9-17(15-6-2-3-7-16(15)18)22(11-13)27(25,26)14-5-4-8-21(24)12-14/h2-9,11-12H,10H2,1H3. The van der Waals surface area contributed by atoms with Crippen LogP contribution < -0.4 is 4.73 Å². The van der Waals surface area contributed by atoms with Gasteiger partial charge in [-0.1, -0.05) is 12.1 Å². The lowest BCUT2D eigenvalue weighted by Gasteiger charge is -2.10. The van der Waals surface area contributed by atoms with Crippen molar-refractivity contribution in [3.05, 3.63) is 82.6 Å². The van der Waals surface area contributed by atoms with E-state index in [1.54, 1.807) is 6.07 Å². The van der Waals surface area contributed by atoms with Crippen molar-refractivity contribution in [1.82, 2.24) is 8.98 Å². The molecule has 0 aliphatic rings.